The number of nitrogens with zero attached hydrogens (tertiary/aromatic N) is 4. The third-order valence-corrected chi connectivity index (χ3v) is 6.39. The first kappa shape index (κ1) is 21.9. The fraction of sp³-hybridized carbons (Fsp3) is 0.296. The third kappa shape index (κ3) is 3.87. The van der Waals surface area contributed by atoms with E-state index in [-0.39, 0.29) is 11.7 Å². The van der Waals surface area contributed by atoms with Gasteiger partial charge in [-0.2, -0.15) is 0 Å². The van der Waals surface area contributed by atoms with Gasteiger partial charge in [0.25, 0.3) is 5.91 Å². The molecule has 174 valence electrons. The van der Waals surface area contributed by atoms with E-state index in [9.17, 15) is 4.79 Å². The smallest absolute Gasteiger partial charge is 0.293 e. The Morgan fingerprint density at radius 3 is 2.44 bits per heavy atom. The van der Waals surface area contributed by atoms with Gasteiger partial charge in [0.1, 0.15) is 11.6 Å². The van der Waals surface area contributed by atoms with Crippen molar-refractivity contribution in [2.24, 2.45) is 0 Å². The molecule has 4 aromatic rings. The Morgan fingerprint density at radius 1 is 1.00 bits per heavy atom. The molecular formula is C27H29N5O2. The summed E-state index contributed by atoms with van der Waals surface area (Å²) in [4.78, 5) is 25.3. The Bertz CT molecular complexity index is 1340. The summed E-state index contributed by atoms with van der Waals surface area (Å²) in [5, 5.41) is 3.97. The summed E-state index contributed by atoms with van der Waals surface area (Å²) >= 11 is 0. The number of anilines is 2. The number of carbonyl (C=O) groups is 1. The van der Waals surface area contributed by atoms with Crippen LogP contribution < -0.4 is 15.0 Å². The quantitative estimate of drug-likeness (QED) is 0.428. The molecule has 7 nitrogen and oxygen atoms in total. The summed E-state index contributed by atoms with van der Waals surface area (Å²) in [5.41, 5.74) is 4.59. The fourth-order valence-electron chi connectivity index (χ4n) is 4.62. The largest absolute Gasteiger partial charge is 0.492 e. The SMILES string of the molecule is CCOc1ccccc1NC(=O)c1nc(N2CCCC2)c2c(C)c(C)n(-c3ccccc3)c2n1. The van der Waals surface area contributed by atoms with Crippen LogP contribution in [0.4, 0.5) is 11.5 Å². The van der Waals surface area contributed by atoms with E-state index in [2.05, 4.69) is 40.8 Å². The number of aryl methyl sites for hydroxylation is 1. The average Bonchev–Trinajstić information content (AvgIpc) is 3.48. The predicted octanol–water partition coefficient (Wildman–Crippen LogP) is 5.29. The molecule has 0 aliphatic carbocycles. The highest BCUT2D eigenvalue weighted by molar-refractivity contribution is 6.05. The van der Waals surface area contributed by atoms with E-state index in [4.69, 9.17) is 14.7 Å². The third-order valence-electron chi connectivity index (χ3n) is 6.39. The van der Waals surface area contributed by atoms with Crippen molar-refractivity contribution in [3.05, 3.63) is 71.7 Å². The van der Waals surface area contributed by atoms with E-state index < -0.39 is 0 Å². The standard InChI is InChI=1S/C27H29N5O2/c1-4-34-22-15-9-8-14-21(22)28-27(33)24-29-25(31-16-10-11-17-31)23-18(2)19(3)32(26(23)30-24)20-12-6-5-7-13-20/h5-9,12-15H,4,10-11,16-17H2,1-3H3,(H,28,33). The number of nitrogens with one attached hydrogen (secondary N) is 1. The van der Waals surface area contributed by atoms with Crippen molar-refractivity contribution in [1.29, 1.82) is 0 Å². The van der Waals surface area contributed by atoms with Crippen LogP contribution in [0.5, 0.6) is 5.75 Å². The Hall–Kier alpha value is -3.87. The lowest BCUT2D eigenvalue weighted by molar-refractivity contribution is 0.101. The molecule has 1 aliphatic rings. The number of hydrogen-bond donors (Lipinski definition) is 1. The minimum Gasteiger partial charge on any atom is -0.492 e. The topological polar surface area (TPSA) is 72.3 Å². The first-order chi connectivity index (χ1) is 16.6. The van der Waals surface area contributed by atoms with E-state index >= 15 is 0 Å². The summed E-state index contributed by atoms with van der Waals surface area (Å²) in [7, 11) is 0. The molecule has 0 radical (unpaired) electrons. The molecule has 2 aromatic heterocycles. The first-order valence-corrected chi connectivity index (χ1v) is 11.8. The maximum absolute atomic E-state index is 13.4. The van der Waals surface area contributed by atoms with E-state index in [0.717, 1.165) is 59.7 Å². The lowest BCUT2D eigenvalue weighted by atomic mass is 10.2. The molecule has 0 atom stereocenters. The van der Waals surface area contributed by atoms with Gasteiger partial charge in [-0.05, 0) is 63.4 Å². The predicted molar refractivity (Wildman–Crippen MR) is 135 cm³/mol. The van der Waals surface area contributed by atoms with Crippen LogP contribution in [0.25, 0.3) is 16.7 Å². The van der Waals surface area contributed by atoms with Crippen molar-refractivity contribution in [2.75, 3.05) is 29.9 Å². The normalized spacial score (nSPS) is 13.4. The monoisotopic (exact) mass is 455 g/mol. The van der Waals surface area contributed by atoms with Gasteiger partial charge in [-0.1, -0.05) is 30.3 Å². The second-order valence-corrected chi connectivity index (χ2v) is 8.53. The van der Waals surface area contributed by atoms with Crippen molar-refractivity contribution in [1.82, 2.24) is 14.5 Å². The molecule has 1 amide bonds. The Morgan fingerprint density at radius 2 is 1.71 bits per heavy atom. The Labute approximate surface area is 199 Å². The minimum atomic E-state index is -0.356. The summed E-state index contributed by atoms with van der Waals surface area (Å²) in [5.74, 6) is 1.25. The van der Waals surface area contributed by atoms with Crippen molar-refractivity contribution in [2.45, 2.75) is 33.6 Å². The molecule has 0 spiro atoms. The average molecular weight is 456 g/mol. The second-order valence-electron chi connectivity index (χ2n) is 8.53. The van der Waals surface area contributed by atoms with E-state index in [1.165, 1.54) is 0 Å². The van der Waals surface area contributed by atoms with Crippen molar-refractivity contribution >= 4 is 28.4 Å². The molecule has 1 fully saturated rings. The van der Waals surface area contributed by atoms with Crippen LogP contribution in [0.15, 0.2) is 54.6 Å². The molecule has 7 heteroatoms. The zero-order valence-corrected chi connectivity index (χ0v) is 19.8. The first-order valence-electron chi connectivity index (χ1n) is 11.8. The highest BCUT2D eigenvalue weighted by Crippen LogP contribution is 2.35. The molecule has 2 aromatic carbocycles. The fourth-order valence-corrected chi connectivity index (χ4v) is 4.62. The van der Waals surface area contributed by atoms with Crippen LogP contribution in [-0.4, -0.2) is 40.1 Å². The van der Waals surface area contributed by atoms with Crippen molar-refractivity contribution < 1.29 is 9.53 Å². The number of carbonyl (C=O) groups excluding carboxylic acids is 1. The molecule has 1 aliphatic heterocycles. The molecule has 0 bridgehead atoms. The van der Waals surface area contributed by atoms with Gasteiger partial charge < -0.3 is 15.0 Å². The molecule has 1 N–H and O–H groups in total. The summed E-state index contributed by atoms with van der Waals surface area (Å²) in [6.45, 7) is 8.48. The van der Waals surface area contributed by atoms with Gasteiger partial charge in [0, 0.05) is 24.5 Å². The zero-order valence-electron chi connectivity index (χ0n) is 19.8. The van der Waals surface area contributed by atoms with E-state index in [1.807, 2.05) is 49.4 Å². The number of fused-ring (bicyclic) bond motifs is 1. The van der Waals surface area contributed by atoms with Crippen molar-refractivity contribution in [3.8, 4) is 11.4 Å². The lowest BCUT2D eigenvalue weighted by Gasteiger charge is -2.19. The van der Waals surface area contributed by atoms with Gasteiger partial charge in [-0.15, -0.1) is 0 Å². The zero-order chi connectivity index (χ0) is 23.7. The van der Waals surface area contributed by atoms with Gasteiger partial charge in [-0.3, -0.25) is 9.36 Å². The van der Waals surface area contributed by atoms with Crippen LogP contribution >= 0.6 is 0 Å². The van der Waals surface area contributed by atoms with E-state index in [1.54, 1.807) is 0 Å². The van der Waals surface area contributed by atoms with Gasteiger partial charge in [-0.25, -0.2) is 9.97 Å². The number of para-hydroxylation sites is 3. The van der Waals surface area contributed by atoms with Gasteiger partial charge >= 0.3 is 0 Å². The number of rotatable bonds is 6. The molecule has 1 saturated heterocycles. The van der Waals surface area contributed by atoms with Crippen LogP contribution in [0.3, 0.4) is 0 Å². The van der Waals surface area contributed by atoms with Crippen LogP contribution in [0, 0.1) is 13.8 Å². The number of hydrogen-bond acceptors (Lipinski definition) is 5. The number of amides is 1. The van der Waals surface area contributed by atoms with Gasteiger partial charge in [0.05, 0.1) is 17.7 Å². The number of ether oxygens (including phenoxy) is 1. The van der Waals surface area contributed by atoms with Gasteiger partial charge in [0.15, 0.2) is 5.65 Å². The van der Waals surface area contributed by atoms with Crippen LogP contribution in [0.2, 0.25) is 0 Å². The molecule has 0 unspecified atom stereocenters. The number of benzene rings is 2. The maximum Gasteiger partial charge on any atom is 0.293 e. The molecule has 34 heavy (non-hydrogen) atoms. The van der Waals surface area contributed by atoms with Crippen molar-refractivity contribution in [3.63, 3.8) is 0 Å². The van der Waals surface area contributed by atoms with Crippen LogP contribution in [-0.2, 0) is 0 Å². The second kappa shape index (κ2) is 9.17. The molecular weight excluding hydrogens is 426 g/mol. The summed E-state index contributed by atoms with van der Waals surface area (Å²) < 4.78 is 7.80. The Kier molecular flexibility index (Phi) is 5.92. The minimum absolute atomic E-state index is 0.149. The maximum atomic E-state index is 13.4. The van der Waals surface area contributed by atoms with Crippen LogP contribution in [0.1, 0.15) is 41.6 Å². The number of aromatic nitrogens is 3. The van der Waals surface area contributed by atoms with Gasteiger partial charge in [0.2, 0.25) is 5.82 Å². The van der Waals surface area contributed by atoms with E-state index in [0.29, 0.717) is 18.0 Å². The molecule has 3 heterocycles. The Balaban J connectivity index is 1.66. The summed E-state index contributed by atoms with van der Waals surface area (Å²) in [6, 6.07) is 17.5. The highest BCUT2D eigenvalue weighted by atomic mass is 16.5. The summed E-state index contributed by atoms with van der Waals surface area (Å²) in [6.07, 6.45) is 2.23. The molecule has 0 saturated carbocycles. The highest BCUT2D eigenvalue weighted by Gasteiger charge is 2.26. The lowest BCUT2D eigenvalue weighted by Crippen LogP contribution is -2.23. The molecule has 5 rings (SSSR count).